The van der Waals surface area contributed by atoms with Crippen LogP contribution in [0.15, 0.2) is 18.2 Å². The molecule has 2 unspecified atom stereocenters. The predicted octanol–water partition coefficient (Wildman–Crippen LogP) is 3.96. The van der Waals surface area contributed by atoms with Gasteiger partial charge >= 0.3 is 0 Å². The van der Waals surface area contributed by atoms with E-state index in [0.29, 0.717) is 5.92 Å². The summed E-state index contributed by atoms with van der Waals surface area (Å²) in [5, 5.41) is 3.03. The lowest BCUT2D eigenvalue weighted by atomic mass is 10.0. The first kappa shape index (κ1) is 11.4. The van der Waals surface area contributed by atoms with Crippen molar-refractivity contribution in [3.8, 4) is 0 Å². The third kappa shape index (κ3) is 2.18. The minimum absolute atomic E-state index is 0.0350. The van der Waals surface area contributed by atoms with Gasteiger partial charge in [0.15, 0.2) is 0 Å². The highest BCUT2D eigenvalue weighted by Gasteiger charge is 2.26. The van der Waals surface area contributed by atoms with Gasteiger partial charge in [0.25, 0.3) is 0 Å². The predicted molar refractivity (Wildman–Crippen MR) is 61.4 cm³/mol. The standard InChI is InChI=1S/C13H17F2N/c1-2-9-5-3-8-12(9)16-13-10(14)6-4-7-11(13)15/h4,6-7,9,12,16H,2-3,5,8H2,1H3. The smallest absolute Gasteiger partial charge is 0.149 e. The third-order valence-corrected chi connectivity index (χ3v) is 3.48. The summed E-state index contributed by atoms with van der Waals surface area (Å²) in [5.74, 6) is -0.456. The summed E-state index contributed by atoms with van der Waals surface area (Å²) in [5.41, 5.74) is 0.0350. The zero-order valence-electron chi connectivity index (χ0n) is 9.47. The molecule has 88 valence electrons. The Bertz CT molecular complexity index is 345. The van der Waals surface area contributed by atoms with Gasteiger partial charge < -0.3 is 5.32 Å². The average molecular weight is 225 g/mol. The first-order valence-corrected chi connectivity index (χ1v) is 5.93. The lowest BCUT2D eigenvalue weighted by Crippen LogP contribution is -2.24. The van der Waals surface area contributed by atoms with Gasteiger partial charge in [-0.15, -0.1) is 0 Å². The van der Waals surface area contributed by atoms with Crippen molar-refractivity contribution in [1.29, 1.82) is 0 Å². The number of halogens is 2. The molecule has 1 aliphatic carbocycles. The number of para-hydroxylation sites is 1. The molecule has 0 spiro atoms. The molecule has 1 nitrogen and oxygen atoms in total. The number of hydrogen-bond donors (Lipinski definition) is 1. The van der Waals surface area contributed by atoms with Crippen LogP contribution in [0.3, 0.4) is 0 Å². The lowest BCUT2D eigenvalue weighted by molar-refractivity contribution is 0.482. The van der Waals surface area contributed by atoms with E-state index < -0.39 is 11.6 Å². The fraction of sp³-hybridized carbons (Fsp3) is 0.538. The summed E-state index contributed by atoms with van der Waals surface area (Å²) < 4.78 is 26.9. The molecular weight excluding hydrogens is 208 g/mol. The van der Waals surface area contributed by atoms with Crippen molar-refractivity contribution >= 4 is 5.69 Å². The summed E-state index contributed by atoms with van der Waals surface area (Å²) in [6.07, 6.45) is 4.37. The molecule has 1 aliphatic rings. The highest BCUT2D eigenvalue weighted by Crippen LogP contribution is 2.32. The van der Waals surface area contributed by atoms with Crippen molar-refractivity contribution in [3.05, 3.63) is 29.8 Å². The molecule has 16 heavy (non-hydrogen) atoms. The summed E-state index contributed by atoms with van der Waals surface area (Å²) in [4.78, 5) is 0. The molecule has 3 heteroatoms. The largest absolute Gasteiger partial charge is 0.377 e. The minimum Gasteiger partial charge on any atom is -0.377 e. The van der Waals surface area contributed by atoms with Gasteiger partial charge in [-0.05, 0) is 30.9 Å². The van der Waals surface area contributed by atoms with Gasteiger partial charge in [0.05, 0.1) is 0 Å². The normalized spacial score (nSPS) is 24.7. The summed E-state index contributed by atoms with van der Waals surface area (Å²) in [7, 11) is 0. The van der Waals surface area contributed by atoms with E-state index in [1.807, 2.05) is 0 Å². The second-order valence-electron chi connectivity index (χ2n) is 4.45. The monoisotopic (exact) mass is 225 g/mol. The molecule has 0 amide bonds. The van der Waals surface area contributed by atoms with Crippen LogP contribution in [-0.2, 0) is 0 Å². The van der Waals surface area contributed by atoms with Crippen LogP contribution in [0, 0.1) is 17.6 Å². The van der Waals surface area contributed by atoms with Crippen LogP contribution in [0.25, 0.3) is 0 Å². The molecule has 2 atom stereocenters. The summed E-state index contributed by atoms with van der Waals surface area (Å²) in [6, 6.07) is 4.20. The van der Waals surface area contributed by atoms with E-state index in [2.05, 4.69) is 12.2 Å². The SMILES string of the molecule is CCC1CCCC1Nc1c(F)cccc1F. The Morgan fingerprint density at radius 2 is 1.94 bits per heavy atom. The van der Waals surface area contributed by atoms with E-state index in [9.17, 15) is 8.78 Å². The number of anilines is 1. The van der Waals surface area contributed by atoms with Crippen molar-refractivity contribution in [2.24, 2.45) is 5.92 Å². The highest BCUT2D eigenvalue weighted by atomic mass is 19.1. The Balaban J connectivity index is 2.14. The molecule has 0 aliphatic heterocycles. The average Bonchev–Trinajstić information content (AvgIpc) is 2.71. The summed E-state index contributed by atoms with van der Waals surface area (Å²) >= 11 is 0. The molecule has 2 rings (SSSR count). The molecule has 0 aromatic heterocycles. The van der Waals surface area contributed by atoms with Crippen molar-refractivity contribution in [3.63, 3.8) is 0 Å². The van der Waals surface area contributed by atoms with Gasteiger partial charge in [0, 0.05) is 6.04 Å². The second kappa shape index (κ2) is 4.81. The summed E-state index contributed by atoms with van der Waals surface area (Å²) in [6.45, 7) is 2.13. The van der Waals surface area contributed by atoms with E-state index in [0.717, 1.165) is 25.7 Å². The number of rotatable bonds is 3. The van der Waals surface area contributed by atoms with Gasteiger partial charge in [-0.3, -0.25) is 0 Å². The molecule has 0 saturated heterocycles. The van der Waals surface area contributed by atoms with Crippen molar-refractivity contribution < 1.29 is 8.78 Å². The van der Waals surface area contributed by atoms with Crippen LogP contribution >= 0.6 is 0 Å². The third-order valence-electron chi connectivity index (χ3n) is 3.48. The maximum Gasteiger partial charge on any atom is 0.149 e. The van der Waals surface area contributed by atoms with Crippen LogP contribution in [0.5, 0.6) is 0 Å². The van der Waals surface area contributed by atoms with Crippen molar-refractivity contribution in [2.75, 3.05) is 5.32 Å². The molecule has 0 heterocycles. The Hall–Kier alpha value is -1.12. The molecule has 1 saturated carbocycles. The minimum atomic E-state index is -0.498. The Morgan fingerprint density at radius 3 is 2.56 bits per heavy atom. The van der Waals surface area contributed by atoms with E-state index in [-0.39, 0.29) is 11.7 Å². The number of nitrogens with one attached hydrogen (secondary N) is 1. The first-order chi connectivity index (χ1) is 7.72. The van der Waals surface area contributed by atoms with E-state index in [4.69, 9.17) is 0 Å². The van der Waals surface area contributed by atoms with Crippen LogP contribution in [-0.4, -0.2) is 6.04 Å². The van der Waals surface area contributed by atoms with Crippen LogP contribution < -0.4 is 5.32 Å². The van der Waals surface area contributed by atoms with Gasteiger partial charge in [-0.1, -0.05) is 25.8 Å². The maximum atomic E-state index is 13.4. The molecule has 1 aromatic carbocycles. The molecule has 1 fully saturated rings. The Kier molecular flexibility index (Phi) is 3.42. The van der Waals surface area contributed by atoms with Gasteiger partial charge in [0.1, 0.15) is 17.3 Å². The molecule has 1 N–H and O–H groups in total. The van der Waals surface area contributed by atoms with E-state index >= 15 is 0 Å². The number of benzene rings is 1. The molecule has 0 radical (unpaired) electrons. The van der Waals surface area contributed by atoms with E-state index in [1.165, 1.54) is 18.2 Å². The van der Waals surface area contributed by atoms with Crippen molar-refractivity contribution in [1.82, 2.24) is 0 Å². The van der Waals surface area contributed by atoms with Gasteiger partial charge in [0.2, 0.25) is 0 Å². The Morgan fingerprint density at radius 1 is 1.25 bits per heavy atom. The molecular formula is C13H17F2N. The second-order valence-corrected chi connectivity index (χ2v) is 4.45. The van der Waals surface area contributed by atoms with Crippen LogP contribution in [0.2, 0.25) is 0 Å². The number of hydrogen-bond acceptors (Lipinski definition) is 1. The lowest BCUT2D eigenvalue weighted by Gasteiger charge is -2.21. The Labute approximate surface area is 94.9 Å². The fourth-order valence-electron chi connectivity index (χ4n) is 2.54. The van der Waals surface area contributed by atoms with Crippen molar-refractivity contribution in [2.45, 2.75) is 38.6 Å². The molecule has 0 bridgehead atoms. The topological polar surface area (TPSA) is 12.0 Å². The quantitative estimate of drug-likeness (QED) is 0.821. The van der Waals surface area contributed by atoms with E-state index in [1.54, 1.807) is 0 Å². The zero-order chi connectivity index (χ0) is 11.5. The molecule has 1 aromatic rings. The zero-order valence-corrected chi connectivity index (χ0v) is 9.47. The van der Waals surface area contributed by atoms with Gasteiger partial charge in [-0.25, -0.2) is 8.78 Å². The fourth-order valence-corrected chi connectivity index (χ4v) is 2.54. The maximum absolute atomic E-state index is 13.4. The first-order valence-electron chi connectivity index (χ1n) is 5.93. The van der Waals surface area contributed by atoms with Crippen LogP contribution in [0.1, 0.15) is 32.6 Å². The van der Waals surface area contributed by atoms with Gasteiger partial charge in [-0.2, -0.15) is 0 Å². The highest BCUT2D eigenvalue weighted by molar-refractivity contribution is 5.47. The van der Waals surface area contributed by atoms with Crippen LogP contribution in [0.4, 0.5) is 14.5 Å².